The molecule has 2 aromatic rings. The van der Waals surface area contributed by atoms with Gasteiger partial charge in [0.25, 0.3) is 5.91 Å². The summed E-state index contributed by atoms with van der Waals surface area (Å²) in [5, 5.41) is 0. The van der Waals surface area contributed by atoms with E-state index in [9.17, 15) is 4.79 Å². The molecule has 0 saturated heterocycles. The molecule has 2 N–H and O–H groups in total. The van der Waals surface area contributed by atoms with Gasteiger partial charge in [-0.25, -0.2) is 0 Å². The molecule has 5 heteroatoms. The third-order valence-corrected chi connectivity index (χ3v) is 3.50. The molecule has 0 saturated carbocycles. The van der Waals surface area contributed by atoms with Crippen LogP contribution in [0.1, 0.15) is 0 Å². The predicted molar refractivity (Wildman–Crippen MR) is 83.9 cm³/mol. The van der Waals surface area contributed by atoms with Gasteiger partial charge in [-0.3, -0.25) is 4.79 Å². The van der Waals surface area contributed by atoms with Gasteiger partial charge in [-0.1, -0.05) is 12.1 Å². The molecule has 0 spiro atoms. The van der Waals surface area contributed by atoms with Gasteiger partial charge in [-0.2, -0.15) is 0 Å². The predicted octanol–water partition coefficient (Wildman–Crippen LogP) is 3.07. The summed E-state index contributed by atoms with van der Waals surface area (Å²) >= 11 is 3.37. The Morgan fingerprint density at radius 3 is 2.50 bits per heavy atom. The molecule has 0 radical (unpaired) electrons. The van der Waals surface area contributed by atoms with Crippen LogP contribution in [-0.2, 0) is 4.79 Å². The molecule has 0 aliphatic rings. The Kier molecular flexibility index (Phi) is 4.63. The van der Waals surface area contributed by atoms with Crippen LogP contribution in [0.4, 0.5) is 11.4 Å². The number of likely N-dealkylation sites (N-methyl/N-ethyl adjacent to an activating group) is 1. The summed E-state index contributed by atoms with van der Waals surface area (Å²) < 4.78 is 6.32. The molecule has 104 valence electrons. The monoisotopic (exact) mass is 334 g/mol. The fourth-order valence-electron chi connectivity index (χ4n) is 1.64. The summed E-state index contributed by atoms with van der Waals surface area (Å²) in [6.45, 7) is -0.0243. The number of carbonyl (C=O) groups is 1. The largest absolute Gasteiger partial charge is 0.483 e. The van der Waals surface area contributed by atoms with Gasteiger partial charge in [0.05, 0.1) is 4.47 Å². The second-order valence-corrected chi connectivity index (χ2v) is 5.12. The van der Waals surface area contributed by atoms with Gasteiger partial charge < -0.3 is 15.4 Å². The number of carbonyl (C=O) groups excluding carboxylic acids is 1. The van der Waals surface area contributed by atoms with E-state index in [2.05, 4.69) is 15.9 Å². The highest BCUT2D eigenvalue weighted by Gasteiger charge is 2.12. The van der Waals surface area contributed by atoms with Crippen LogP contribution in [0.3, 0.4) is 0 Å². The molecule has 0 aliphatic carbocycles. The first-order chi connectivity index (χ1) is 9.58. The molecule has 20 heavy (non-hydrogen) atoms. The molecule has 2 rings (SSSR count). The first kappa shape index (κ1) is 14.4. The number of para-hydroxylation sites is 1. The molecule has 4 nitrogen and oxygen atoms in total. The van der Waals surface area contributed by atoms with Crippen molar-refractivity contribution in [2.45, 2.75) is 0 Å². The first-order valence-corrected chi connectivity index (χ1v) is 6.86. The van der Waals surface area contributed by atoms with Crippen LogP contribution in [-0.4, -0.2) is 19.6 Å². The topological polar surface area (TPSA) is 55.6 Å². The quantitative estimate of drug-likeness (QED) is 0.874. The Morgan fingerprint density at radius 1 is 1.20 bits per heavy atom. The zero-order valence-corrected chi connectivity index (χ0v) is 12.6. The minimum atomic E-state index is -0.134. The Hall–Kier alpha value is -2.01. The maximum absolute atomic E-state index is 12.1. The van der Waals surface area contributed by atoms with Crippen LogP contribution < -0.4 is 15.4 Å². The lowest BCUT2D eigenvalue weighted by molar-refractivity contribution is -0.120. The number of nitrogen functional groups attached to an aromatic ring is 1. The number of nitrogens with two attached hydrogens (primary N) is 1. The van der Waals surface area contributed by atoms with Crippen LogP contribution >= 0.6 is 15.9 Å². The van der Waals surface area contributed by atoms with Crippen molar-refractivity contribution in [1.29, 1.82) is 0 Å². The van der Waals surface area contributed by atoms with Gasteiger partial charge in [0.1, 0.15) is 5.75 Å². The van der Waals surface area contributed by atoms with Crippen molar-refractivity contribution < 1.29 is 9.53 Å². The van der Waals surface area contributed by atoms with Crippen LogP contribution in [0.5, 0.6) is 5.75 Å². The summed E-state index contributed by atoms with van der Waals surface area (Å²) in [7, 11) is 1.71. The second-order valence-electron chi connectivity index (χ2n) is 4.26. The molecule has 0 aromatic heterocycles. The molecular formula is C15H15BrN2O2. The van der Waals surface area contributed by atoms with Crippen molar-refractivity contribution >= 4 is 33.2 Å². The van der Waals surface area contributed by atoms with Crippen molar-refractivity contribution in [3.8, 4) is 5.75 Å². The number of anilines is 2. The summed E-state index contributed by atoms with van der Waals surface area (Å²) in [4.78, 5) is 13.6. The number of nitrogens with zero attached hydrogens (tertiary/aromatic N) is 1. The summed E-state index contributed by atoms with van der Waals surface area (Å²) in [6.07, 6.45) is 0. The van der Waals surface area contributed by atoms with E-state index in [1.807, 2.05) is 18.2 Å². The van der Waals surface area contributed by atoms with Gasteiger partial charge in [-0.15, -0.1) is 0 Å². The lowest BCUT2D eigenvalue weighted by atomic mass is 10.2. The number of rotatable bonds is 4. The molecule has 0 bridgehead atoms. The molecule has 1 amide bonds. The minimum absolute atomic E-state index is 0.0243. The zero-order valence-electron chi connectivity index (χ0n) is 11.0. The van der Waals surface area contributed by atoms with E-state index in [0.717, 1.165) is 10.2 Å². The summed E-state index contributed by atoms with van der Waals surface area (Å²) in [6, 6.07) is 14.5. The van der Waals surface area contributed by atoms with Crippen LogP contribution in [0.25, 0.3) is 0 Å². The SMILES string of the molecule is CN(C(=O)COc1ccccc1Br)c1ccc(N)cc1. The number of halogens is 1. The lowest BCUT2D eigenvalue weighted by Crippen LogP contribution is -2.31. The van der Waals surface area contributed by atoms with Crippen molar-refractivity contribution in [2.24, 2.45) is 0 Å². The van der Waals surface area contributed by atoms with Crippen molar-refractivity contribution in [1.82, 2.24) is 0 Å². The highest BCUT2D eigenvalue weighted by Crippen LogP contribution is 2.24. The Labute approximate surface area is 126 Å². The van der Waals surface area contributed by atoms with Crippen molar-refractivity contribution in [3.05, 3.63) is 53.0 Å². The maximum Gasteiger partial charge on any atom is 0.264 e. The first-order valence-electron chi connectivity index (χ1n) is 6.07. The van der Waals surface area contributed by atoms with Crippen LogP contribution in [0.2, 0.25) is 0 Å². The van der Waals surface area contributed by atoms with Crippen LogP contribution in [0.15, 0.2) is 53.0 Å². The second kappa shape index (κ2) is 6.43. The summed E-state index contributed by atoms with van der Waals surface area (Å²) in [5.74, 6) is 0.511. The highest BCUT2D eigenvalue weighted by molar-refractivity contribution is 9.10. The lowest BCUT2D eigenvalue weighted by Gasteiger charge is -2.18. The average Bonchev–Trinajstić information content (AvgIpc) is 2.46. The third-order valence-electron chi connectivity index (χ3n) is 2.84. The molecular weight excluding hydrogens is 320 g/mol. The number of hydrogen-bond donors (Lipinski definition) is 1. The smallest absolute Gasteiger partial charge is 0.264 e. The van der Waals surface area contributed by atoms with Crippen molar-refractivity contribution in [3.63, 3.8) is 0 Å². The van der Waals surface area contributed by atoms with E-state index in [0.29, 0.717) is 11.4 Å². The molecule has 0 unspecified atom stereocenters. The normalized spacial score (nSPS) is 10.1. The van der Waals surface area contributed by atoms with Gasteiger partial charge in [-0.05, 0) is 52.3 Å². The molecule has 2 aromatic carbocycles. The third kappa shape index (κ3) is 3.51. The fraction of sp³-hybridized carbons (Fsp3) is 0.133. The Balaban J connectivity index is 1.98. The minimum Gasteiger partial charge on any atom is -0.483 e. The van der Waals surface area contributed by atoms with E-state index in [4.69, 9.17) is 10.5 Å². The molecule has 0 atom stereocenters. The summed E-state index contributed by atoms with van der Waals surface area (Å²) in [5.41, 5.74) is 7.06. The number of ether oxygens (including phenoxy) is 1. The maximum atomic E-state index is 12.1. The van der Waals surface area contributed by atoms with E-state index >= 15 is 0 Å². The van der Waals surface area contributed by atoms with E-state index in [1.54, 1.807) is 37.4 Å². The standard InChI is InChI=1S/C15H15BrN2O2/c1-18(12-8-6-11(17)7-9-12)15(19)10-20-14-5-3-2-4-13(14)16/h2-9H,10,17H2,1H3. The van der Waals surface area contributed by atoms with Crippen LogP contribution in [0, 0.1) is 0 Å². The van der Waals surface area contributed by atoms with Gasteiger partial charge >= 0.3 is 0 Å². The van der Waals surface area contributed by atoms with E-state index < -0.39 is 0 Å². The Morgan fingerprint density at radius 2 is 1.85 bits per heavy atom. The number of amides is 1. The number of hydrogen-bond acceptors (Lipinski definition) is 3. The van der Waals surface area contributed by atoms with Gasteiger partial charge in [0.15, 0.2) is 6.61 Å². The van der Waals surface area contributed by atoms with E-state index in [-0.39, 0.29) is 12.5 Å². The average molecular weight is 335 g/mol. The van der Waals surface area contributed by atoms with Crippen molar-refractivity contribution in [2.75, 3.05) is 24.3 Å². The molecule has 0 heterocycles. The molecule has 0 aliphatic heterocycles. The Bertz CT molecular complexity index is 599. The van der Waals surface area contributed by atoms with Gasteiger partial charge in [0, 0.05) is 18.4 Å². The molecule has 0 fully saturated rings. The van der Waals surface area contributed by atoms with E-state index in [1.165, 1.54) is 4.90 Å². The number of benzene rings is 2. The zero-order chi connectivity index (χ0) is 14.5. The fourth-order valence-corrected chi connectivity index (χ4v) is 2.04. The highest BCUT2D eigenvalue weighted by atomic mass is 79.9. The van der Waals surface area contributed by atoms with Gasteiger partial charge in [0.2, 0.25) is 0 Å².